The van der Waals surface area contributed by atoms with E-state index in [1.54, 1.807) is 4.90 Å². The van der Waals surface area contributed by atoms with Crippen LogP contribution in [-0.2, 0) is 27.3 Å². The standard InChI is InChI=1S/C21H21F2N3O4/c22-13-5-12(6-14(23)8-13)20-25-16-9-26(4-3-17(16)30-20)21(28)11-1-2-15-18(7-11)29-10-19(27)24-15/h5-6,8,11,15,18H,1-4,7,9-10H2,(H,24,27)/t11-,15-,18-/m0/s1. The number of ether oxygens (including phenoxy) is 1. The molecule has 1 N–H and O–H groups in total. The summed E-state index contributed by atoms with van der Waals surface area (Å²) in [4.78, 5) is 30.7. The van der Waals surface area contributed by atoms with Gasteiger partial charge in [0.25, 0.3) is 0 Å². The maximum atomic E-state index is 13.5. The Morgan fingerprint density at radius 2 is 2.00 bits per heavy atom. The second-order valence-corrected chi connectivity index (χ2v) is 8.09. The van der Waals surface area contributed by atoms with Gasteiger partial charge in [-0.2, -0.15) is 0 Å². The van der Waals surface area contributed by atoms with Crippen molar-refractivity contribution in [2.75, 3.05) is 13.2 Å². The molecule has 158 valence electrons. The lowest BCUT2D eigenvalue weighted by Gasteiger charge is -2.40. The molecule has 1 saturated carbocycles. The number of morpholine rings is 1. The predicted molar refractivity (Wildman–Crippen MR) is 100.0 cm³/mol. The van der Waals surface area contributed by atoms with Crippen LogP contribution in [0.2, 0.25) is 0 Å². The minimum absolute atomic E-state index is 0.0204. The number of hydrogen-bond donors (Lipinski definition) is 1. The molecule has 0 spiro atoms. The molecule has 3 aliphatic rings. The highest BCUT2D eigenvalue weighted by Crippen LogP contribution is 2.32. The lowest BCUT2D eigenvalue weighted by molar-refractivity contribution is -0.146. The molecule has 1 aromatic carbocycles. The zero-order chi connectivity index (χ0) is 20.8. The van der Waals surface area contributed by atoms with Gasteiger partial charge in [-0.3, -0.25) is 9.59 Å². The van der Waals surface area contributed by atoms with E-state index in [4.69, 9.17) is 9.15 Å². The molecule has 7 nitrogen and oxygen atoms in total. The number of nitrogens with one attached hydrogen (secondary N) is 1. The van der Waals surface area contributed by atoms with Crippen molar-refractivity contribution < 1.29 is 27.5 Å². The van der Waals surface area contributed by atoms with Crippen LogP contribution in [0.25, 0.3) is 11.5 Å². The van der Waals surface area contributed by atoms with Crippen molar-refractivity contribution in [2.24, 2.45) is 5.92 Å². The SMILES string of the molecule is O=C1CO[C@H]2C[C@@H](C(=O)N3CCc4oc(-c5cc(F)cc(F)c5)nc4C3)CC[C@@H]2N1. The molecule has 2 aromatic rings. The van der Waals surface area contributed by atoms with Gasteiger partial charge in [0, 0.05) is 30.5 Å². The number of aromatic nitrogens is 1. The smallest absolute Gasteiger partial charge is 0.246 e. The van der Waals surface area contributed by atoms with E-state index in [1.165, 1.54) is 12.1 Å². The highest BCUT2D eigenvalue weighted by Gasteiger charge is 2.40. The van der Waals surface area contributed by atoms with Gasteiger partial charge in [0.15, 0.2) is 0 Å². The van der Waals surface area contributed by atoms with Crippen LogP contribution >= 0.6 is 0 Å². The first-order valence-electron chi connectivity index (χ1n) is 10.1. The number of hydrogen-bond acceptors (Lipinski definition) is 5. The topological polar surface area (TPSA) is 84.7 Å². The molecular weight excluding hydrogens is 396 g/mol. The molecular formula is C21H21F2N3O4. The van der Waals surface area contributed by atoms with Gasteiger partial charge in [-0.05, 0) is 31.4 Å². The van der Waals surface area contributed by atoms with Gasteiger partial charge in [0.2, 0.25) is 17.7 Å². The second-order valence-electron chi connectivity index (χ2n) is 8.09. The van der Waals surface area contributed by atoms with Gasteiger partial charge in [-0.15, -0.1) is 0 Å². The largest absolute Gasteiger partial charge is 0.441 e. The van der Waals surface area contributed by atoms with Crippen molar-refractivity contribution in [2.45, 2.75) is 44.4 Å². The predicted octanol–water partition coefficient (Wildman–Crippen LogP) is 2.19. The summed E-state index contributed by atoms with van der Waals surface area (Å²) in [6.45, 7) is 0.843. The Morgan fingerprint density at radius 3 is 2.80 bits per heavy atom. The van der Waals surface area contributed by atoms with E-state index >= 15 is 0 Å². The zero-order valence-electron chi connectivity index (χ0n) is 16.2. The van der Waals surface area contributed by atoms with Crippen molar-refractivity contribution in [1.29, 1.82) is 0 Å². The van der Waals surface area contributed by atoms with Crippen LogP contribution in [0, 0.1) is 17.6 Å². The molecule has 3 atom stereocenters. The summed E-state index contributed by atoms with van der Waals surface area (Å²) in [5, 5.41) is 2.93. The molecule has 0 radical (unpaired) electrons. The molecule has 9 heteroatoms. The summed E-state index contributed by atoms with van der Waals surface area (Å²) >= 11 is 0. The van der Waals surface area contributed by atoms with Gasteiger partial charge in [-0.1, -0.05) is 0 Å². The molecule has 2 aliphatic heterocycles. The van der Waals surface area contributed by atoms with Crippen LogP contribution in [0.15, 0.2) is 22.6 Å². The van der Waals surface area contributed by atoms with Crippen molar-refractivity contribution in [1.82, 2.24) is 15.2 Å². The normalized spacial score (nSPS) is 26.0. The van der Waals surface area contributed by atoms with Crippen molar-refractivity contribution in [3.63, 3.8) is 0 Å². The van der Waals surface area contributed by atoms with E-state index in [0.29, 0.717) is 50.2 Å². The van der Waals surface area contributed by atoms with Gasteiger partial charge < -0.3 is 19.4 Å². The van der Waals surface area contributed by atoms with E-state index in [-0.39, 0.29) is 47.9 Å². The number of nitrogens with zero attached hydrogens (tertiary/aromatic N) is 2. The monoisotopic (exact) mass is 417 g/mol. The Morgan fingerprint density at radius 1 is 1.20 bits per heavy atom. The van der Waals surface area contributed by atoms with E-state index in [0.717, 1.165) is 6.07 Å². The van der Waals surface area contributed by atoms with Crippen LogP contribution < -0.4 is 5.32 Å². The molecule has 5 rings (SSSR count). The zero-order valence-corrected chi connectivity index (χ0v) is 16.2. The third-order valence-electron chi connectivity index (χ3n) is 6.06. The van der Waals surface area contributed by atoms with Crippen LogP contribution in [0.4, 0.5) is 8.78 Å². The fraction of sp³-hybridized carbons (Fsp3) is 0.476. The molecule has 2 amide bonds. The first kappa shape index (κ1) is 19.2. The lowest BCUT2D eigenvalue weighted by Crippen LogP contribution is -2.55. The van der Waals surface area contributed by atoms with Crippen LogP contribution in [0.1, 0.15) is 30.7 Å². The molecule has 30 heavy (non-hydrogen) atoms. The van der Waals surface area contributed by atoms with E-state index in [9.17, 15) is 18.4 Å². The minimum Gasteiger partial charge on any atom is -0.441 e. The summed E-state index contributed by atoms with van der Waals surface area (Å²) in [6.07, 6.45) is 2.36. The molecule has 2 fully saturated rings. The van der Waals surface area contributed by atoms with E-state index in [2.05, 4.69) is 10.3 Å². The Labute approximate surface area is 171 Å². The minimum atomic E-state index is -0.699. The summed E-state index contributed by atoms with van der Waals surface area (Å²) < 4.78 is 38.4. The average Bonchev–Trinajstić information content (AvgIpc) is 3.15. The third kappa shape index (κ3) is 3.58. The van der Waals surface area contributed by atoms with Crippen molar-refractivity contribution in [3.8, 4) is 11.5 Å². The number of halogens is 2. The fourth-order valence-electron chi connectivity index (χ4n) is 4.58. The Balaban J connectivity index is 1.28. The highest BCUT2D eigenvalue weighted by molar-refractivity contribution is 5.80. The summed E-state index contributed by atoms with van der Waals surface area (Å²) in [5.41, 5.74) is 0.846. The number of fused-ring (bicyclic) bond motifs is 2. The number of carbonyl (C=O) groups excluding carboxylic acids is 2. The van der Waals surface area contributed by atoms with Crippen LogP contribution in [0.3, 0.4) is 0 Å². The average molecular weight is 417 g/mol. The lowest BCUT2D eigenvalue weighted by atomic mass is 9.82. The van der Waals surface area contributed by atoms with Gasteiger partial charge in [0.1, 0.15) is 29.7 Å². The number of rotatable bonds is 2. The molecule has 1 aliphatic carbocycles. The van der Waals surface area contributed by atoms with Crippen molar-refractivity contribution >= 4 is 11.8 Å². The Bertz CT molecular complexity index is 988. The first-order chi connectivity index (χ1) is 14.5. The van der Waals surface area contributed by atoms with Crippen LogP contribution in [-0.4, -0.2) is 47.0 Å². The molecule has 0 unspecified atom stereocenters. The summed E-state index contributed by atoms with van der Waals surface area (Å²) in [7, 11) is 0. The highest BCUT2D eigenvalue weighted by atomic mass is 19.1. The van der Waals surface area contributed by atoms with E-state index < -0.39 is 11.6 Å². The number of carbonyl (C=O) groups is 2. The quantitative estimate of drug-likeness (QED) is 0.810. The van der Waals surface area contributed by atoms with Gasteiger partial charge in [-0.25, -0.2) is 13.8 Å². The molecule has 0 bridgehead atoms. The van der Waals surface area contributed by atoms with Gasteiger partial charge >= 0.3 is 0 Å². The number of amides is 2. The Kier molecular flexibility index (Phi) is 4.77. The van der Waals surface area contributed by atoms with Gasteiger partial charge in [0.05, 0.1) is 18.7 Å². The second kappa shape index (κ2) is 7.46. The van der Waals surface area contributed by atoms with Crippen molar-refractivity contribution in [3.05, 3.63) is 41.3 Å². The molecule has 1 aromatic heterocycles. The third-order valence-corrected chi connectivity index (χ3v) is 6.06. The fourth-order valence-corrected chi connectivity index (χ4v) is 4.58. The molecule has 1 saturated heterocycles. The van der Waals surface area contributed by atoms with E-state index in [1.807, 2.05) is 0 Å². The first-order valence-corrected chi connectivity index (χ1v) is 10.1. The summed E-state index contributed by atoms with van der Waals surface area (Å²) in [6, 6.07) is 3.12. The number of oxazole rings is 1. The van der Waals surface area contributed by atoms with Crippen LogP contribution in [0.5, 0.6) is 0 Å². The maximum Gasteiger partial charge on any atom is 0.246 e. The maximum absolute atomic E-state index is 13.5. The number of benzene rings is 1. The summed E-state index contributed by atoms with van der Waals surface area (Å²) in [5.74, 6) is -0.832. The Hall–Kier alpha value is -2.81. The molecule has 3 heterocycles.